The minimum Gasteiger partial charge on any atom is -0.391 e. The number of rotatable bonds is 2. The summed E-state index contributed by atoms with van der Waals surface area (Å²) in [4.78, 5) is 0. The smallest absolute Gasteiger partial charge is 0.186 e. The third-order valence-corrected chi connectivity index (χ3v) is 2.75. The van der Waals surface area contributed by atoms with E-state index < -0.39 is 18.2 Å². The molecule has 1 N–H and O–H groups in total. The van der Waals surface area contributed by atoms with Gasteiger partial charge in [0.05, 0.1) is 6.10 Å². The Kier molecular flexibility index (Phi) is 2.77. The molecule has 2 aliphatic rings. The lowest BCUT2D eigenvalue weighted by molar-refractivity contribution is -0.235. The molecular formula is C10H18O5. The van der Waals surface area contributed by atoms with Gasteiger partial charge in [0.15, 0.2) is 12.1 Å². The summed E-state index contributed by atoms with van der Waals surface area (Å²) < 4.78 is 22.0. The Morgan fingerprint density at radius 1 is 1.27 bits per heavy atom. The molecule has 0 spiro atoms. The number of hydrogen-bond acceptors (Lipinski definition) is 5. The van der Waals surface area contributed by atoms with E-state index >= 15 is 0 Å². The molecule has 5 nitrogen and oxygen atoms in total. The largest absolute Gasteiger partial charge is 0.391 e. The summed E-state index contributed by atoms with van der Waals surface area (Å²) in [5.41, 5.74) is 0. The molecule has 0 aromatic rings. The molecule has 0 aromatic heterocycles. The van der Waals surface area contributed by atoms with Crippen molar-refractivity contribution in [3.63, 3.8) is 0 Å². The number of methoxy groups -OCH3 is 1. The van der Waals surface area contributed by atoms with Gasteiger partial charge in [-0.15, -0.1) is 0 Å². The van der Waals surface area contributed by atoms with Crippen LogP contribution in [0.15, 0.2) is 0 Å². The zero-order valence-corrected chi connectivity index (χ0v) is 9.47. The number of ether oxygens (including phenoxy) is 4. The average Bonchev–Trinajstić information content (AvgIpc) is 2.57. The van der Waals surface area contributed by atoms with Crippen LogP contribution in [-0.2, 0) is 18.9 Å². The van der Waals surface area contributed by atoms with Crippen LogP contribution in [0.25, 0.3) is 0 Å². The van der Waals surface area contributed by atoms with Crippen LogP contribution in [0.4, 0.5) is 0 Å². The fraction of sp³-hybridized carbons (Fsp3) is 1.00. The predicted octanol–water partition coefficient (Wildman–Crippen LogP) is 0.259. The van der Waals surface area contributed by atoms with Gasteiger partial charge in [0.1, 0.15) is 18.3 Å². The second kappa shape index (κ2) is 3.68. The summed E-state index contributed by atoms with van der Waals surface area (Å²) >= 11 is 0. The third kappa shape index (κ3) is 1.90. The van der Waals surface area contributed by atoms with Crippen molar-refractivity contribution in [1.29, 1.82) is 0 Å². The Bertz CT molecular complexity index is 240. The van der Waals surface area contributed by atoms with Gasteiger partial charge >= 0.3 is 0 Å². The van der Waals surface area contributed by atoms with Crippen LogP contribution in [0, 0.1) is 0 Å². The van der Waals surface area contributed by atoms with E-state index in [0.717, 1.165) is 0 Å². The van der Waals surface area contributed by atoms with Crippen molar-refractivity contribution in [3.05, 3.63) is 0 Å². The van der Waals surface area contributed by atoms with E-state index in [2.05, 4.69) is 0 Å². The highest BCUT2D eigenvalue weighted by Gasteiger charge is 2.56. The number of aliphatic hydroxyl groups excluding tert-OH is 1. The first-order valence-corrected chi connectivity index (χ1v) is 5.16. The van der Waals surface area contributed by atoms with Crippen molar-refractivity contribution in [2.24, 2.45) is 0 Å². The molecule has 5 heteroatoms. The van der Waals surface area contributed by atoms with Gasteiger partial charge in [0.2, 0.25) is 0 Å². The van der Waals surface area contributed by atoms with E-state index in [0.29, 0.717) is 0 Å². The van der Waals surface area contributed by atoms with Crippen LogP contribution in [0.2, 0.25) is 0 Å². The highest BCUT2D eigenvalue weighted by Crippen LogP contribution is 2.39. The number of aliphatic hydroxyl groups is 1. The summed E-state index contributed by atoms with van der Waals surface area (Å²) in [6.45, 7) is 5.36. The standard InChI is InChI=1S/C10H18O5/c1-5(11)6-7-8(9(12-4)13-6)15-10(2,3)14-7/h5-9,11H,1-4H3/t5-,6?,7?,8?,9?/m0/s1. The Labute approximate surface area is 89.3 Å². The van der Waals surface area contributed by atoms with E-state index in [1.807, 2.05) is 13.8 Å². The summed E-state index contributed by atoms with van der Waals surface area (Å²) in [5.74, 6) is -0.636. The molecule has 5 atom stereocenters. The molecule has 2 rings (SSSR count). The molecule has 4 unspecified atom stereocenters. The molecule has 2 aliphatic heterocycles. The van der Waals surface area contributed by atoms with Gasteiger partial charge in [-0.3, -0.25) is 0 Å². The number of fused-ring (bicyclic) bond motifs is 1. The topological polar surface area (TPSA) is 57.2 Å². The van der Waals surface area contributed by atoms with Gasteiger partial charge < -0.3 is 24.1 Å². The van der Waals surface area contributed by atoms with E-state index in [1.54, 1.807) is 14.0 Å². The predicted molar refractivity (Wildman–Crippen MR) is 51.2 cm³/mol. The first kappa shape index (κ1) is 11.3. The fourth-order valence-electron chi connectivity index (χ4n) is 2.17. The summed E-state index contributed by atoms with van der Waals surface area (Å²) in [6, 6.07) is 0. The molecule has 0 amide bonds. The van der Waals surface area contributed by atoms with Gasteiger partial charge in [0, 0.05) is 7.11 Å². The Hall–Kier alpha value is -0.200. The minimum absolute atomic E-state index is 0.259. The maximum atomic E-state index is 9.57. The second-order valence-electron chi connectivity index (χ2n) is 4.51. The Morgan fingerprint density at radius 3 is 2.40 bits per heavy atom. The van der Waals surface area contributed by atoms with Crippen LogP contribution in [0.5, 0.6) is 0 Å². The van der Waals surface area contributed by atoms with Gasteiger partial charge in [-0.25, -0.2) is 0 Å². The van der Waals surface area contributed by atoms with Crippen LogP contribution in [-0.4, -0.2) is 48.7 Å². The fourth-order valence-corrected chi connectivity index (χ4v) is 2.17. The van der Waals surface area contributed by atoms with Crippen molar-refractivity contribution in [2.75, 3.05) is 7.11 Å². The van der Waals surface area contributed by atoms with Gasteiger partial charge in [0.25, 0.3) is 0 Å². The molecule has 0 radical (unpaired) electrons. The van der Waals surface area contributed by atoms with Gasteiger partial charge in [-0.05, 0) is 20.8 Å². The van der Waals surface area contributed by atoms with E-state index in [9.17, 15) is 5.11 Å². The van der Waals surface area contributed by atoms with Crippen LogP contribution >= 0.6 is 0 Å². The highest BCUT2D eigenvalue weighted by molar-refractivity contribution is 4.96. The first-order valence-electron chi connectivity index (χ1n) is 5.16. The van der Waals surface area contributed by atoms with Crippen molar-refractivity contribution in [2.45, 2.75) is 57.3 Å². The molecule has 0 bridgehead atoms. The summed E-state index contributed by atoms with van der Waals surface area (Å²) in [7, 11) is 1.56. The third-order valence-electron chi connectivity index (χ3n) is 2.75. The van der Waals surface area contributed by atoms with E-state index in [4.69, 9.17) is 18.9 Å². The van der Waals surface area contributed by atoms with Crippen LogP contribution in [0.3, 0.4) is 0 Å². The Balaban J connectivity index is 2.15. The van der Waals surface area contributed by atoms with Gasteiger partial charge in [-0.1, -0.05) is 0 Å². The van der Waals surface area contributed by atoms with Crippen molar-refractivity contribution in [3.8, 4) is 0 Å². The minimum atomic E-state index is -0.636. The number of hydrogen-bond donors (Lipinski definition) is 1. The van der Waals surface area contributed by atoms with Gasteiger partial charge in [-0.2, -0.15) is 0 Å². The van der Waals surface area contributed by atoms with Crippen molar-refractivity contribution in [1.82, 2.24) is 0 Å². The maximum absolute atomic E-state index is 9.57. The lowest BCUT2D eigenvalue weighted by Gasteiger charge is -2.24. The second-order valence-corrected chi connectivity index (χ2v) is 4.51. The summed E-state index contributed by atoms with van der Waals surface area (Å²) in [5, 5.41) is 9.57. The molecule has 0 aliphatic carbocycles. The molecule has 0 aromatic carbocycles. The first-order chi connectivity index (χ1) is 6.94. The lowest BCUT2D eigenvalue weighted by atomic mass is 10.1. The monoisotopic (exact) mass is 218 g/mol. The van der Waals surface area contributed by atoms with Crippen molar-refractivity contribution < 1.29 is 24.1 Å². The average molecular weight is 218 g/mol. The van der Waals surface area contributed by atoms with Crippen LogP contribution in [0.1, 0.15) is 20.8 Å². The zero-order chi connectivity index (χ0) is 11.2. The SMILES string of the molecule is COC1OC([C@H](C)O)C2OC(C)(C)OC12. The zero-order valence-electron chi connectivity index (χ0n) is 9.47. The molecule has 88 valence electrons. The van der Waals surface area contributed by atoms with Crippen molar-refractivity contribution >= 4 is 0 Å². The Morgan fingerprint density at radius 2 is 1.87 bits per heavy atom. The molecular weight excluding hydrogens is 200 g/mol. The molecule has 2 fully saturated rings. The van der Waals surface area contributed by atoms with Crippen LogP contribution < -0.4 is 0 Å². The lowest BCUT2D eigenvalue weighted by Crippen LogP contribution is -2.36. The molecule has 15 heavy (non-hydrogen) atoms. The highest BCUT2D eigenvalue weighted by atomic mass is 16.8. The van der Waals surface area contributed by atoms with E-state index in [-0.39, 0.29) is 18.3 Å². The molecule has 2 saturated heterocycles. The normalized spacial score (nSPS) is 45.4. The summed E-state index contributed by atoms with van der Waals surface area (Å²) in [6.07, 6.45) is -1.97. The molecule has 2 heterocycles. The quantitative estimate of drug-likeness (QED) is 0.720. The maximum Gasteiger partial charge on any atom is 0.186 e. The molecule has 0 saturated carbocycles. The van der Waals surface area contributed by atoms with E-state index in [1.165, 1.54) is 0 Å².